The van der Waals surface area contributed by atoms with Gasteiger partial charge in [-0.05, 0) is 42.4 Å². The molecule has 2 amide bonds. The van der Waals surface area contributed by atoms with Crippen LogP contribution in [0, 0.1) is 5.92 Å². The lowest BCUT2D eigenvalue weighted by molar-refractivity contribution is -0.159. The molecule has 2 N–H and O–H groups in total. The van der Waals surface area contributed by atoms with Gasteiger partial charge in [0.25, 0.3) is 0 Å². The number of carbonyl (C=O) groups excluding carboxylic acids is 3. The molecule has 0 heterocycles. The molecule has 0 saturated heterocycles. The first-order chi connectivity index (χ1) is 21.9. The molecule has 5 unspecified atom stereocenters. The quantitative estimate of drug-likeness (QED) is 0.0877. The van der Waals surface area contributed by atoms with Gasteiger partial charge >= 0.3 is 18.2 Å². The van der Waals surface area contributed by atoms with Crippen LogP contribution >= 0.6 is 7.37 Å². The van der Waals surface area contributed by atoms with Gasteiger partial charge in [0.05, 0.1) is 12.5 Å². The third kappa shape index (κ3) is 13.1. The number of ether oxygens (including phenoxy) is 3. The molecular weight excluding hydrogens is 621 g/mol. The second kappa shape index (κ2) is 19.9. The summed E-state index contributed by atoms with van der Waals surface area (Å²) in [5.41, 5.74) is 1.60. The van der Waals surface area contributed by atoms with E-state index < -0.39 is 62.0 Å². The average Bonchev–Trinajstić information content (AvgIpc) is 3.01. The summed E-state index contributed by atoms with van der Waals surface area (Å²) in [7, 11) is -3.90. The number of rotatable bonds is 19. The Morgan fingerprint density at radius 1 is 0.848 bits per heavy atom. The monoisotopic (exact) mass is 668 g/mol. The van der Waals surface area contributed by atoms with Crippen LogP contribution in [0.25, 0.3) is 0 Å². The molecule has 0 saturated carbocycles. The van der Waals surface area contributed by atoms with E-state index in [0.717, 1.165) is 5.56 Å². The number of amides is 2. The standard InChI is InChI=1S/C33H47F2N2O8P/c1-6-13-28(34)44-31(38)27(26-18-12-17-25(19-26)20-36-32(39)45-29(35)14-7-2)22-46(41,43-8-3)30(23(4)5)37-33(40)42-21-24-15-10-9-11-16-24/h9-12,15-19,23,27-30H,6-8,13-14,20-22H2,1-5H3,(H,36,39)(H,37,40). The highest BCUT2D eigenvalue weighted by atomic mass is 31.2. The second-order valence-electron chi connectivity index (χ2n) is 11.1. The van der Waals surface area contributed by atoms with Gasteiger partial charge in [-0.2, -0.15) is 0 Å². The molecule has 2 aromatic carbocycles. The van der Waals surface area contributed by atoms with Crippen LogP contribution in [0.2, 0.25) is 0 Å². The molecular formula is C33H47F2N2O8P. The normalized spacial score (nSPS) is 15.1. The SMILES string of the molecule is CCCC(F)OC(=O)NCc1cccc(C(CP(=O)(OCC)C(NC(=O)OCc2ccccc2)C(C)C)C(=O)OC(F)CCC)c1. The maximum Gasteiger partial charge on any atom is 0.409 e. The maximum atomic E-state index is 14.6. The van der Waals surface area contributed by atoms with Gasteiger partial charge in [-0.1, -0.05) is 82.3 Å². The van der Waals surface area contributed by atoms with Crippen molar-refractivity contribution in [3.8, 4) is 0 Å². The molecule has 0 radical (unpaired) electrons. The van der Waals surface area contributed by atoms with E-state index in [1.54, 1.807) is 71.0 Å². The molecule has 0 spiro atoms. The molecule has 2 rings (SSSR count). The molecule has 0 bridgehead atoms. The molecule has 0 aliphatic rings. The molecule has 0 aromatic heterocycles. The first kappa shape index (κ1) is 38.7. The van der Waals surface area contributed by atoms with Crippen LogP contribution in [0.5, 0.6) is 0 Å². The van der Waals surface area contributed by atoms with E-state index in [1.807, 2.05) is 18.2 Å². The van der Waals surface area contributed by atoms with E-state index in [1.165, 1.54) is 0 Å². The Balaban J connectivity index is 2.35. The van der Waals surface area contributed by atoms with Gasteiger partial charge in [0.1, 0.15) is 12.4 Å². The maximum absolute atomic E-state index is 14.6. The average molecular weight is 669 g/mol. The van der Waals surface area contributed by atoms with Gasteiger partial charge in [0.15, 0.2) is 0 Å². The largest absolute Gasteiger partial charge is 0.445 e. The second-order valence-corrected chi connectivity index (χ2v) is 13.7. The van der Waals surface area contributed by atoms with Crippen molar-refractivity contribution in [3.05, 3.63) is 71.3 Å². The van der Waals surface area contributed by atoms with Crippen molar-refractivity contribution < 1.29 is 46.5 Å². The molecule has 2 aromatic rings. The number of benzene rings is 2. The molecule has 0 fully saturated rings. The third-order valence-electron chi connectivity index (χ3n) is 6.90. The first-order valence-electron chi connectivity index (χ1n) is 15.6. The fourth-order valence-corrected chi connectivity index (χ4v) is 7.68. The predicted octanol–water partition coefficient (Wildman–Crippen LogP) is 7.95. The minimum atomic E-state index is -3.90. The fraction of sp³-hybridized carbons (Fsp3) is 0.545. The number of carbonyl (C=O) groups is 3. The summed E-state index contributed by atoms with van der Waals surface area (Å²) in [6.07, 6.45) is -4.83. The van der Waals surface area contributed by atoms with Crippen LogP contribution in [0.3, 0.4) is 0 Å². The number of esters is 1. The summed E-state index contributed by atoms with van der Waals surface area (Å²) in [6.45, 7) is 8.55. The predicted molar refractivity (Wildman–Crippen MR) is 171 cm³/mol. The van der Waals surface area contributed by atoms with Crippen LogP contribution in [-0.4, -0.2) is 49.4 Å². The van der Waals surface area contributed by atoms with Gasteiger partial charge in [0, 0.05) is 25.5 Å². The van der Waals surface area contributed by atoms with Crippen molar-refractivity contribution in [2.45, 2.75) is 97.9 Å². The summed E-state index contributed by atoms with van der Waals surface area (Å²) >= 11 is 0. The van der Waals surface area contributed by atoms with Crippen molar-refractivity contribution in [2.75, 3.05) is 12.8 Å². The Morgan fingerprint density at radius 3 is 2.09 bits per heavy atom. The van der Waals surface area contributed by atoms with Crippen LogP contribution in [0.4, 0.5) is 18.4 Å². The zero-order valence-electron chi connectivity index (χ0n) is 27.2. The molecule has 46 heavy (non-hydrogen) atoms. The Kier molecular flexibility index (Phi) is 16.7. The lowest BCUT2D eigenvalue weighted by Gasteiger charge is -2.32. The lowest BCUT2D eigenvalue weighted by atomic mass is 9.99. The van der Waals surface area contributed by atoms with E-state index in [2.05, 4.69) is 15.4 Å². The van der Waals surface area contributed by atoms with Gasteiger partial charge in [0.2, 0.25) is 20.1 Å². The lowest BCUT2D eigenvalue weighted by Crippen LogP contribution is -2.41. The van der Waals surface area contributed by atoms with Gasteiger partial charge in [-0.3, -0.25) is 9.36 Å². The van der Waals surface area contributed by atoms with Crippen LogP contribution in [0.1, 0.15) is 82.9 Å². The van der Waals surface area contributed by atoms with Crippen LogP contribution in [-0.2, 0) is 41.2 Å². The fourth-order valence-electron chi connectivity index (χ4n) is 4.67. The molecule has 5 atom stereocenters. The molecule has 256 valence electrons. The third-order valence-corrected chi connectivity index (χ3v) is 10.0. The van der Waals surface area contributed by atoms with E-state index in [0.29, 0.717) is 24.0 Å². The number of hydrogen-bond acceptors (Lipinski definition) is 8. The first-order valence-corrected chi connectivity index (χ1v) is 17.5. The highest BCUT2D eigenvalue weighted by molar-refractivity contribution is 7.59. The number of hydrogen-bond donors (Lipinski definition) is 2. The van der Waals surface area contributed by atoms with Gasteiger partial charge < -0.3 is 29.4 Å². The van der Waals surface area contributed by atoms with Crippen molar-refractivity contribution in [1.82, 2.24) is 10.6 Å². The smallest absolute Gasteiger partial charge is 0.409 e. The Hall–Kier alpha value is -3.50. The van der Waals surface area contributed by atoms with E-state index in [9.17, 15) is 27.7 Å². The van der Waals surface area contributed by atoms with Crippen LogP contribution in [0.15, 0.2) is 54.6 Å². The summed E-state index contributed by atoms with van der Waals surface area (Å²) < 4.78 is 63.8. The molecule has 0 aliphatic carbocycles. The van der Waals surface area contributed by atoms with E-state index >= 15 is 0 Å². The highest BCUT2D eigenvalue weighted by Crippen LogP contribution is 2.56. The summed E-state index contributed by atoms with van der Waals surface area (Å²) in [5.74, 6) is -3.69. The number of halogens is 2. The van der Waals surface area contributed by atoms with Crippen molar-refractivity contribution in [1.29, 1.82) is 0 Å². The summed E-state index contributed by atoms with van der Waals surface area (Å²) in [5, 5.41) is 5.13. The number of alkyl carbamates (subject to hydrolysis) is 2. The Bertz CT molecular complexity index is 1280. The molecule has 13 heteroatoms. The summed E-state index contributed by atoms with van der Waals surface area (Å²) in [4.78, 5) is 38.3. The zero-order chi connectivity index (χ0) is 34.1. The summed E-state index contributed by atoms with van der Waals surface area (Å²) in [6, 6.07) is 15.5. The Labute approximate surface area is 270 Å². The zero-order valence-corrected chi connectivity index (χ0v) is 28.1. The number of nitrogens with one attached hydrogen (secondary N) is 2. The van der Waals surface area contributed by atoms with Crippen LogP contribution < -0.4 is 10.6 Å². The topological polar surface area (TPSA) is 129 Å². The van der Waals surface area contributed by atoms with Gasteiger partial charge in [-0.15, -0.1) is 0 Å². The van der Waals surface area contributed by atoms with Crippen molar-refractivity contribution >= 4 is 25.5 Å². The van der Waals surface area contributed by atoms with Crippen molar-refractivity contribution in [2.24, 2.45) is 5.92 Å². The highest BCUT2D eigenvalue weighted by Gasteiger charge is 2.43. The van der Waals surface area contributed by atoms with Gasteiger partial charge in [-0.25, -0.2) is 18.4 Å². The van der Waals surface area contributed by atoms with Crippen molar-refractivity contribution in [3.63, 3.8) is 0 Å². The molecule has 0 aliphatic heterocycles. The minimum absolute atomic E-state index is 0.00421. The number of alkyl halides is 2. The van der Waals surface area contributed by atoms with E-state index in [-0.39, 0.29) is 32.6 Å². The molecule has 10 nitrogen and oxygen atoms in total. The minimum Gasteiger partial charge on any atom is -0.445 e. The van der Waals surface area contributed by atoms with E-state index in [4.69, 9.17) is 14.0 Å². The Morgan fingerprint density at radius 2 is 1.48 bits per heavy atom.